The van der Waals surface area contributed by atoms with Gasteiger partial charge in [0.1, 0.15) is 5.82 Å². The van der Waals surface area contributed by atoms with Gasteiger partial charge in [-0.1, -0.05) is 6.92 Å². The molecular weight excluding hydrogens is 370 g/mol. The van der Waals surface area contributed by atoms with Crippen molar-refractivity contribution in [2.45, 2.75) is 32.4 Å². The van der Waals surface area contributed by atoms with Gasteiger partial charge in [-0.3, -0.25) is 14.6 Å². The van der Waals surface area contributed by atoms with Crippen LogP contribution in [0.2, 0.25) is 0 Å². The number of piperazine rings is 1. The van der Waals surface area contributed by atoms with Gasteiger partial charge in [0.05, 0.1) is 38.2 Å². The Morgan fingerprint density at radius 3 is 2.61 bits per heavy atom. The molecule has 0 saturated carbocycles. The molecule has 1 aromatic heterocycles. The van der Waals surface area contributed by atoms with Crippen LogP contribution in [0.5, 0.6) is 11.5 Å². The van der Waals surface area contributed by atoms with E-state index in [-0.39, 0.29) is 18.1 Å². The number of rotatable bonds is 7. The number of aromatic nitrogens is 2. The first-order valence-corrected chi connectivity index (χ1v) is 9.34. The van der Waals surface area contributed by atoms with Crippen LogP contribution >= 0.6 is 0 Å². The van der Waals surface area contributed by atoms with Crippen molar-refractivity contribution < 1.29 is 18.3 Å². The summed E-state index contributed by atoms with van der Waals surface area (Å²) in [7, 11) is 3.04. The van der Waals surface area contributed by atoms with Gasteiger partial charge in [0, 0.05) is 31.7 Å². The van der Waals surface area contributed by atoms with E-state index < -0.39 is 6.43 Å². The summed E-state index contributed by atoms with van der Waals surface area (Å²) in [6, 6.07) is 3.36. The summed E-state index contributed by atoms with van der Waals surface area (Å²) in [6.07, 6.45) is -1.53. The topological polar surface area (TPSA) is 70.7 Å². The van der Waals surface area contributed by atoms with Crippen molar-refractivity contribution in [3.8, 4) is 11.5 Å². The van der Waals surface area contributed by atoms with Gasteiger partial charge in [0.2, 0.25) is 0 Å². The lowest BCUT2D eigenvalue weighted by molar-refractivity contribution is 0.0163. The zero-order valence-electron chi connectivity index (χ0n) is 16.4. The molecule has 1 N–H and O–H groups in total. The lowest BCUT2D eigenvalue weighted by atomic mass is 10.1. The molecule has 154 valence electrons. The Labute approximate surface area is 162 Å². The molecular formula is C19H26F2N4O3. The molecule has 1 fully saturated rings. The number of alkyl halides is 2. The van der Waals surface area contributed by atoms with E-state index in [1.165, 1.54) is 14.2 Å². The number of ether oxygens (including phenoxy) is 2. The highest BCUT2D eigenvalue weighted by atomic mass is 19.3. The molecule has 9 heteroatoms. The Morgan fingerprint density at radius 1 is 1.25 bits per heavy atom. The quantitative estimate of drug-likeness (QED) is 0.773. The molecule has 1 aliphatic rings. The molecule has 0 radical (unpaired) electrons. The number of hydrogen-bond acceptors (Lipinski definition) is 6. The van der Waals surface area contributed by atoms with Crippen LogP contribution in [0.15, 0.2) is 16.9 Å². The van der Waals surface area contributed by atoms with Crippen molar-refractivity contribution in [2.24, 2.45) is 0 Å². The van der Waals surface area contributed by atoms with Gasteiger partial charge in [-0.25, -0.2) is 13.8 Å². The number of halogens is 2. The molecule has 1 unspecified atom stereocenters. The molecule has 3 rings (SSSR count). The maximum absolute atomic E-state index is 12.8. The number of H-pyrrole nitrogens is 1. The Balaban J connectivity index is 1.80. The minimum Gasteiger partial charge on any atom is -0.493 e. The third-order valence-electron chi connectivity index (χ3n) is 5.17. The monoisotopic (exact) mass is 396 g/mol. The van der Waals surface area contributed by atoms with Crippen molar-refractivity contribution in [2.75, 3.05) is 40.4 Å². The third kappa shape index (κ3) is 4.41. The maximum Gasteiger partial charge on any atom is 0.258 e. The van der Waals surface area contributed by atoms with Crippen molar-refractivity contribution in [3.05, 3.63) is 28.3 Å². The van der Waals surface area contributed by atoms with Gasteiger partial charge in [-0.05, 0) is 12.5 Å². The fraction of sp³-hybridized carbons (Fsp3) is 0.579. The second-order valence-electron chi connectivity index (χ2n) is 6.92. The normalized spacial score (nSPS) is 18.7. The molecule has 2 aromatic rings. The zero-order valence-corrected chi connectivity index (χ0v) is 16.4. The number of nitrogens with one attached hydrogen (secondary N) is 1. The Hall–Kier alpha value is -2.26. The van der Waals surface area contributed by atoms with Crippen LogP contribution in [0.25, 0.3) is 10.9 Å². The molecule has 0 aliphatic carbocycles. The minimum atomic E-state index is -2.33. The van der Waals surface area contributed by atoms with Crippen molar-refractivity contribution >= 4 is 10.9 Å². The van der Waals surface area contributed by atoms with Crippen LogP contribution in [-0.2, 0) is 6.54 Å². The lowest BCUT2D eigenvalue weighted by Crippen LogP contribution is -2.53. The number of fused-ring (bicyclic) bond motifs is 1. The standard InChI is InChI=1S/C19H26F2N4O3/c1-4-12-9-24(5-6-25(12)10-17(20)21)11-18-22-14-8-16(28-3)15(27-2)7-13(14)19(26)23-18/h7-8,12,17H,4-6,9-11H2,1-3H3,(H,22,23,26). The molecule has 1 aliphatic heterocycles. The van der Waals surface area contributed by atoms with Gasteiger partial charge in [0.25, 0.3) is 12.0 Å². The summed E-state index contributed by atoms with van der Waals surface area (Å²) in [6.45, 7) is 4.15. The summed E-state index contributed by atoms with van der Waals surface area (Å²) in [5.74, 6) is 1.52. The molecule has 1 aromatic carbocycles. The summed E-state index contributed by atoms with van der Waals surface area (Å²) in [5, 5.41) is 0.426. The molecule has 0 bridgehead atoms. The van der Waals surface area contributed by atoms with E-state index in [1.807, 2.05) is 11.8 Å². The highest BCUT2D eigenvalue weighted by molar-refractivity contribution is 5.81. The number of benzene rings is 1. The first kappa shape index (κ1) is 20.5. The van der Waals surface area contributed by atoms with E-state index >= 15 is 0 Å². The number of hydrogen-bond donors (Lipinski definition) is 1. The van der Waals surface area contributed by atoms with Gasteiger partial charge < -0.3 is 14.5 Å². The number of methoxy groups -OCH3 is 2. The summed E-state index contributed by atoms with van der Waals surface area (Å²) in [4.78, 5) is 23.9. The van der Waals surface area contributed by atoms with Crippen LogP contribution in [0.3, 0.4) is 0 Å². The van der Waals surface area contributed by atoms with Gasteiger partial charge in [-0.15, -0.1) is 0 Å². The maximum atomic E-state index is 12.8. The van der Waals surface area contributed by atoms with Gasteiger partial charge in [0.15, 0.2) is 11.5 Å². The van der Waals surface area contributed by atoms with Crippen molar-refractivity contribution in [1.29, 1.82) is 0 Å². The van der Waals surface area contributed by atoms with Crippen LogP contribution in [0.4, 0.5) is 8.78 Å². The van der Waals surface area contributed by atoms with Crippen LogP contribution in [0, 0.1) is 0 Å². The lowest BCUT2D eigenvalue weighted by Gasteiger charge is -2.40. The van der Waals surface area contributed by atoms with Crippen LogP contribution in [0.1, 0.15) is 19.2 Å². The fourth-order valence-corrected chi connectivity index (χ4v) is 3.71. The second kappa shape index (κ2) is 8.83. The molecule has 1 saturated heterocycles. The predicted octanol–water partition coefficient (Wildman–Crippen LogP) is 2.10. The Kier molecular flexibility index (Phi) is 6.46. The fourth-order valence-electron chi connectivity index (χ4n) is 3.71. The average molecular weight is 396 g/mol. The van der Waals surface area contributed by atoms with E-state index in [0.717, 1.165) is 6.42 Å². The highest BCUT2D eigenvalue weighted by Gasteiger charge is 2.28. The van der Waals surface area contributed by atoms with E-state index in [2.05, 4.69) is 14.9 Å². The molecule has 28 heavy (non-hydrogen) atoms. The van der Waals surface area contributed by atoms with Crippen LogP contribution < -0.4 is 15.0 Å². The van der Waals surface area contributed by atoms with E-state index in [9.17, 15) is 13.6 Å². The Morgan fingerprint density at radius 2 is 1.96 bits per heavy atom. The van der Waals surface area contributed by atoms with Gasteiger partial charge >= 0.3 is 0 Å². The first-order chi connectivity index (χ1) is 13.4. The molecule has 0 spiro atoms. The summed E-state index contributed by atoms with van der Waals surface area (Å²) < 4.78 is 36.0. The number of nitrogens with zero attached hydrogens (tertiary/aromatic N) is 3. The third-order valence-corrected chi connectivity index (χ3v) is 5.17. The largest absolute Gasteiger partial charge is 0.493 e. The smallest absolute Gasteiger partial charge is 0.258 e. The molecule has 1 atom stereocenters. The van der Waals surface area contributed by atoms with E-state index in [1.54, 1.807) is 12.1 Å². The van der Waals surface area contributed by atoms with E-state index in [4.69, 9.17) is 9.47 Å². The SMILES string of the molecule is CCC1CN(Cc2nc3cc(OC)c(OC)cc3c(=O)[nH]2)CCN1CC(F)F. The summed E-state index contributed by atoms with van der Waals surface area (Å²) in [5.41, 5.74) is 0.282. The van der Waals surface area contributed by atoms with E-state index in [0.29, 0.717) is 54.4 Å². The molecule has 7 nitrogen and oxygen atoms in total. The highest BCUT2D eigenvalue weighted by Crippen LogP contribution is 2.30. The molecule has 2 heterocycles. The van der Waals surface area contributed by atoms with Crippen LogP contribution in [-0.4, -0.2) is 72.6 Å². The van der Waals surface area contributed by atoms with Gasteiger partial charge in [-0.2, -0.15) is 0 Å². The average Bonchev–Trinajstić information content (AvgIpc) is 2.67. The van der Waals surface area contributed by atoms with Crippen molar-refractivity contribution in [1.82, 2.24) is 19.8 Å². The summed E-state index contributed by atoms with van der Waals surface area (Å²) >= 11 is 0. The first-order valence-electron chi connectivity index (χ1n) is 9.34. The predicted molar refractivity (Wildman–Crippen MR) is 102 cm³/mol. The second-order valence-corrected chi connectivity index (χ2v) is 6.92. The Bertz CT molecular complexity index is 874. The minimum absolute atomic E-state index is 0.0688. The molecule has 0 amide bonds. The van der Waals surface area contributed by atoms with Crippen molar-refractivity contribution in [3.63, 3.8) is 0 Å². The zero-order chi connectivity index (χ0) is 20.3. The number of aromatic amines is 1.